The summed E-state index contributed by atoms with van der Waals surface area (Å²) >= 11 is 0. The monoisotopic (exact) mass is 377 g/mol. The van der Waals surface area contributed by atoms with Crippen LogP contribution in [0, 0.1) is 6.92 Å². The van der Waals surface area contributed by atoms with Crippen LogP contribution in [0.15, 0.2) is 36.4 Å². The molecule has 2 aliphatic heterocycles. The average Bonchev–Trinajstić information content (AvgIpc) is 2.94. The lowest BCUT2D eigenvalue weighted by Gasteiger charge is -2.26. The Hall–Kier alpha value is -3.15. The first-order valence-corrected chi connectivity index (χ1v) is 9.57. The van der Waals surface area contributed by atoms with Gasteiger partial charge in [-0.15, -0.1) is 0 Å². The standard InChI is InChI=1S/C22H23N3O3/c1-13-5-7-15(8-6-13)12-23-20(26)21(27)24-17-10-16-4-3-9-25-19(16)18(11-17)14(2)22(25)28/h5-8,10-11,14H,3-4,9,12H2,1-2H3,(H,23,26)(H,24,27). The first-order chi connectivity index (χ1) is 13.4. The van der Waals surface area contributed by atoms with Crippen LogP contribution in [0.2, 0.25) is 0 Å². The minimum absolute atomic E-state index is 0.107. The number of amides is 3. The number of aryl methyl sites for hydroxylation is 2. The summed E-state index contributed by atoms with van der Waals surface area (Å²) in [6, 6.07) is 11.5. The molecule has 2 aromatic rings. The highest BCUT2D eigenvalue weighted by Crippen LogP contribution is 2.44. The summed E-state index contributed by atoms with van der Waals surface area (Å²) in [5.41, 5.74) is 5.60. The largest absolute Gasteiger partial charge is 0.344 e. The zero-order valence-electron chi connectivity index (χ0n) is 16.0. The minimum atomic E-state index is -0.705. The molecule has 3 amide bonds. The highest BCUT2D eigenvalue weighted by Gasteiger charge is 2.38. The molecule has 2 aromatic carbocycles. The molecule has 28 heavy (non-hydrogen) atoms. The summed E-state index contributed by atoms with van der Waals surface area (Å²) in [5.74, 6) is -1.50. The van der Waals surface area contributed by atoms with Gasteiger partial charge in [0.1, 0.15) is 0 Å². The molecule has 0 spiro atoms. The van der Waals surface area contributed by atoms with Crippen molar-refractivity contribution in [1.29, 1.82) is 0 Å². The van der Waals surface area contributed by atoms with Crippen molar-refractivity contribution in [3.63, 3.8) is 0 Å². The van der Waals surface area contributed by atoms with Gasteiger partial charge in [0.25, 0.3) is 0 Å². The highest BCUT2D eigenvalue weighted by atomic mass is 16.2. The molecule has 0 saturated heterocycles. The fourth-order valence-electron chi connectivity index (χ4n) is 3.92. The van der Waals surface area contributed by atoms with Gasteiger partial charge >= 0.3 is 11.8 Å². The maximum absolute atomic E-state index is 12.4. The number of carbonyl (C=O) groups is 3. The van der Waals surface area contributed by atoms with E-state index < -0.39 is 11.8 Å². The Balaban J connectivity index is 1.46. The minimum Gasteiger partial charge on any atom is -0.344 e. The van der Waals surface area contributed by atoms with Crippen molar-refractivity contribution < 1.29 is 14.4 Å². The van der Waals surface area contributed by atoms with Crippen molar-refractivity contribution in [3.05, 3.63) is 58.7 Å². The molecule has 1 unspecified atom stereocenters. The Bertz CT molecular complexity index is 966. The molecule has 0 fully saturated rings. The second-order valence-electron chi connectivity index (χ2n) is 7.51. The molecule has 0 saturated carbocycles. The SMILES string of the molecule is Cc1ccc(CNC(=O)C(=O)Nc2cc3c4c(c2)C(C)C(=O)N4CCC3)cc1. The summed E-state index contributed by atoms with van der Waals surface area (Å²) in [6.07, 6.45) is 1.77. The number of hydrogen-bond acceptors (Lipinski definition) is 3. The van der Waals surface area contributed by atoms with E-state index in [1.807, 2.05) is 55.1 Å². The fourth-order valence-corrected chi connectivity index (χ4v) is 3.92. The van der Waals surface area contributed by atoms with Gasteiger partial charge in [0.15, 0.2) is 0 Å². The van der Waals surface area contributed by atoms with Crippen molar-refractivity contribution in [2.45, 2.75) is 39.2 Å². The van der Waals surface area contributed by atoms with Crippen LogP contribution in [0.5, 0.6) is 0 Å². The average molecular weight is 377 g/mol. The number of rotatable bonds is 3. The number of carbonyl (C=O) groups excluding carboxylic acids is 3. The quantitative estimate of drug-likeness (QED) is 0.807. The van der Waals surface area contributed by atoms with Crippen LogP contribution in [-0.2, 0) is 27.3 Å². The highest BCUT2D eigenvalue weighted by molar-refractivity contribution is 6.39. The van der Waals surface area contributed by atoms with E-state index in [1.165, 1.54) is 0 Å². The summed E-state index contributed by atoms with van der Waals surface area (Å²) in [5, 5.41) is 5.33. The van der Waals surface area contributed by atoms with Gasteiger partial charge in [-0.1, -0.05) is 29.8 Å². The van der Waals surface area contributed by atoms with Crippen molar-refractivity contribution in [3.8, 4) is 0 Å². The van der Waals surface area contributed by atoms with E-state index in [0.717, 1.165) is 47.3 Å². The summed E-state index contributed by atoms with van der Waals surface area (Å²) in [4.78, 5) is 38.8. The van der Waals surface area contributed by atoms with E-state index >= 15 is 0 Å². The van der Waals surface area contributed by atoms with Gasteiger partial charge in [0.2, 0.25) is 5.91 Å². The predicted octanol–water partition coefficient (Wildman–Crippen LogP) is 2.65. The van der Waals surface area contributed by atoms with Crippen LogP contribution in [0.25, 0.3) is 0 Å². The normalized spacial score (nSPS) is 17.3. The van der Waals surface area contributed by atoms with Crippen molar-refractivity contribution in [2.75, 3.05) is 16.8 Å². The van der Waals surface area contributed by atoms with Crippen molar-refractivity contribution >= 4 is 29.1 Å². The maximum atomic E-state index is 12.4. The molecule has 0 radical (unpaired) electrons. The lowest BCUT2D eigenvalue weighted by Crippen LogP contribution is -2.35. The molecule has 1 atom stereocenters. The van der Waals surface area contributed by atoms with Gasteiger partial charge in [0.05, 0.1) is 11.6 Å². The number of anilines is 2. The Kier molecular flexibility index (Phi) is 4.63. The Labute approximate surface area is 163 Å². The van der Waals surface area contributed by atoms with Gasteiger partial charge in [-0.25, -0.2) is 0 Å². The number of nitrogens with one attached hydrogen (secondary N) is 2. The zero-order valence-corrected chi connectivity index (χ0v) is 16.0. The molecular formula is C22H23N3O3. The molecule has 2 heterocycles. The van der Waals surface area contributed by atoms with E-state index in [0.29, 0.717) is 12.2 Å². The lowest BCUT2D eigenvalue weighted by atomic mass is 9.96. The zero-order chi connectivity index (χ0) is 19.8. The number of benzene rings is 2. The predicted molar refractivity (Wildman–Crippen MR) is 107 cm³/mol. The third kappa shape index (κ3) is 3.26. The lowest BCUT2D eigenvalue weighted by molar-refractivity contribution is -0.136. The topological polar surface area (TPSA) is 78.5 Å². The van der Waals surface area contributed by atoms with E-state index in [4.69, 9.17) is 0 Å². The molecule has 6 heteroatoms. The van der Waals surface area contributed by atoms with E-state index in [-0.39, 0.29) is 11.8 Å². The summed E-state index contributed by atoms with van der Waals surface area (Å²) in [6.45, 7) is 4.92. The molecule has 6 nitrogen and oxygen atoms in total. The van der Waals surface area contributed by atoms with Crippen LogP contribution < -0.4 is 15.5 Å². The Morgan fingerprint density at radius 2 is 1.89 bits per heavy atom. The number of nitrogens with zero attached hydrogens (tertiary/aromatic N) is 1. The second-order valence-corrected chi connectivity index (χ2v) is 7.51. The fraction of sp³-hybridized carbons (Fsp3) is 0.318. The Morgan fingerprint density at radius 3 is 2.64 bits per heavy atom. The molecule has 2 N–H and O–H groups in total. The molecule has 0 bridgehead atoms. The third-order valence-corrected chi connectivity index (χ3v) is 5.46. The van der Waals surface area contributed by atoms with Crippen LogP contribution in [0.4, 0.5) is 11.4 Å². The maximum Gasteiger partial charge on any atom is 0.313 e. The first-order valence-electron chi connectivity index (χ1n) is 9.57. The van der Waals surface area contributed by atoms with Crippen LogP contribution >= 0.6 is 0 Å². The number of hydrogen-bond donors (Lipinski definition) is 2. The van der Waals surface area contributed by atoms with Crippen molar-refractivity contribution in [1.82, 2.24) is 5.32 Å². The van der Waals surface area contributed by atoms with E-state index in [1.54, 1.807) is 0 Å². The van der Waals surface area contributed by atoms with E-state index in [9.17, 15) is 14.4 Å². The van der Waals surface area contributed by atoms with Gasteiger partial charge < -0.3 is 15.5 Å². The molecular weight excluding hydrogens is 354 g/mol. The van der Waals surface area contributed by atoms with Gasteiger partial charge in [0, 0.05) is 18.8 Å². The molecule has 0 aromatic heterocycles. The molecule has 144 valence electrons. The molecule has 2 aliphatic rings. The molecule has 4 rings (SSSR count). The summed E-state index contributed by atoms with van der Waals surface area (Å²) < 4.78 is 0. The van der Waals surface area contributed by atoms with Crippen molar-refractivity contribution in [2.24, 2.45) is 0 Å². The van der Waals surface area contributed by atoms with Gasteiger partial charge in [-0.2, -0.15) is 0 Å². The second kappa shape index (κ2) is 7.11. The smallest absolute Gasteiger partial charge is 0.313 e. The summed E-state index contributed by atoms with van der Waals surface area (Å²) in [7, 11) is 0. The third-order valence-electron chi connectivity index (χ3n) is 5.46. The van der Waals surface area contributed by atoms with Crippen LogP contribution in [-0.4, -0.2) is 24.3 Å². The first kappa shape index (κ1) is 18.2. The molecule has 0 aliphatic carbocycles. The van der Waals surface area contributed by atoms with Gasteiger partial charge in [-0.05, 0) is 55.5 Å². The van der Waals surface area contributed by atoms with Crippen LogP contribution in [0.3, 0.4) is 0 Å². The van der Waals surface area contributed by atoms with Crippen LogP contribution in [0.1, 0.15) is 41.5 Å². The van der Waals surface area contributed by atoms with Gasteiger partial charge in [-0.3, -0.25) is 14.4 Å². The Morgan fingerprint density at radius 1 is 1.14 bits per heavy atom. The van der Waals surface area contributed by atoms with E-state index in [2.05, 4.69) is 10.6 Å².